The quantitative estimate of drug-likeness (QED) is 0.270. The molecular formula is C31H35N7O3. The lowest BCUT2D eigenvalue weighted by Crippen LogP contribution is -2.51. The molecule has 1 aliphatic rings. The van der Waals surface area contributed by atoms with Crippen LogP contribution < -0.4 is 19.7 Å². The predicted molar refractivity (Wildman–Crippen MR) is 159 cm³/mol. The van der Waals surface area contributed by atoms with Gasteiger partial charge in [0.1, 0.15) is 0 Å². The molecule has 3 aromatic heterocycles. The predicted octanol–water partition coefficient (Wildman–Crippen LogP) is 5.03. The summed E-state index contributed by atoms with van der Waals surface area (Å²) in [6, 6.07) is 18.7. The number of rotatable bonds is 9. The number of anilines is 2. The molecule has 41 heavy (non-hydrogen) atoms. The highest BCUT2D eigenvalue weighted by Gasteiger charge is 2.25. The molecule has 0 radical (unpaired) electrons. The first kappa shape index (κ1) is 26.6. The highest BCUT2D eigenvalue weighted by molar-refractivity contribution is 5.58. The van der Waals surface area contributed by atoms with E-state index in [0.29, 0.717) is 41.6 Å². The number of furan rings is 1. The molecule has 0 spiro atoms. The molecule has 10 heteroatoms. The molecule has 0 bridgehead atoms. The van der Waals surface area contributed by atoms with Gasteiger partial charge in [0.05, 0.1) is 20.5 Å². The van der Waals surface area contributed by atoms with Gasteiger partial charge in [-0.2, -0.15) is 4.52 Å². The van der Waals surface area contributed by atoms with Crippen molar-refractivity contribution in [3.63, 3.8) is 0 Å². The topological polar surface area (TPSA) is 93.2 Å². The number of nitrogens with one attached hydrogen (secondary N) is 1. The van der Waals surface area contributed by atoms with Crippen molar-refractivity contribution in [3.8, 4) is 23.1 Å². The minimum Gasteiger partial charge on any atom is -0.493 e. The van der Waals surface area contributed by atoms with Crippen molar-refractivity contribution in [2.75, 3.05) is 44.1 Å². The molecule has 6 rings (SSSR count). The molecule has 5 aromatic rings. The first-order valence-electron chi connectivity index (χ1n) is 13.8. The van der Waals surface area contributed by atoms with Crippen LogP contribution in [0, 0.1) is 6.92 Å². The van der Waals surface area contributed by atoms with Crippen molar-refractivity contribution in [3.05, 3.63) is 83.7 Å². The molecule has 1 saturated heterocycles. The van der Waals surface area contributed by atoms with E-state index in [-0.39, 0.29) is 0 Å². The zero-order valence-electron chi connectivity index (χ0n) is 23.9. The maximum atomic E-state index is 5.61. The van der Waals surface area contributed by atoms with Crippen LogP contribution in [0.15, 0.2) is 71.5 Å². The van der Waals surface area contributed by atoms with Gasteiger partial charge in [0, 0.05) is 56.2 Å². The maximum absolute atomic E-state index is 5.61. The third-order valence-electron chi connectivity index (χ3n) is 7.55. The van der Waals surface area contributed by atoms with Gasteiger partial charge in [0.15, 0.2) is 22.9 Å². The van der Waals surface area contributed by atoms with Crippen LogP contribution >= 0.6 is 0 Å². The molecule has 4 heterocycles. The molecule has 0 aliphatic carbocycles. The summed E-state index contributed by atoms with van der Waals surface area (Å²) in [6.07, 6.45) is 3.54. The van der Waals surface area contributed by atoms with E-state index >= 15 is 0 Å². The number of benzene rings is 2. The number of hydrogen-bond acceptors (Lipinski definition) is 9. The van der Waals surface area contributed by atoms with Gasteiger partial charge >= 0.3 is 0 Å². The Morgan fingerprint density at radius 1 is 1.02 bits per heavy atom. The molecular weight excluding hydrogens is 518 g/mol. The summed E-state index contributed by atoms with van der Waals surface area (Å²) in [5.74, 6) is 3.11. The van der Waals surface area contributed by atoms with E-state index in [9.17, 15) is 0 Å². The van der Waals surface area contributed by atoms with Gasteiger partial charge in [-0.25, -0.2) is 9.97 Å². The van der Waals surface area contributed by atoms with Crippen molar-refractivity contribution in [2.45, 2.75) is 33.0 Å². The van der Waals surface area contributed by atoms with E-state index in [2.05, 4.69) is 53.2 Å². The Morgan fingerprint density at radius 3 is 2.59 bits per heavy atom. The Balaban J connectivity index is 1.23. The van der Waals surface area contributed by atoms with Gasteiger partial charge in [-0.1, -0.05) is 23.8 Å². The average molecular weight is 554 g/mol. The van der Waals surface area contributed by atoms with Crippen molar-refractivity contribution in [2.24, 2.45) is 0 Å². The zero-order chi connectivity index (χ0) is 28.3. The Kier molecular flexibility index (Phi) is 7.47. The van der Waals surface area contributed by atoms with E-state index in [1.165, 1.54) is 11.3 Å². The molecule has 1 unspecified atom stereocenters. The molecule has 1 atom stereocenters. The summed E-state index contributed by atoms with van der Waals surface area (Å²) in [4.78, 5) is 14.6. The summed E-state index contributed by atoms with van der Waals surface area (Å²) in [5, 5.41) is 8.19. The second kappa shape index (κ2) is 11.5. The fourth-order valence-electron chi connectivity index (χ4n) is 5.37. The third-order valence-corrected chi connectivity index (χ3v) is 7.55. The Bertz CT molecular complexity index is 1620. The average Bonchev–Trinajstić information content (AvgIpc) is 3.68. The highest BCUT2D eigenvalue weighted by atomic mass is 16.5. The van der Waals surface area contributed by atoms with Gasteiger partial charge in [-0.05, 0) is 55.8 Å². The first-order valence-corrected chi connectivity index (χ1v) is 13.8. The second-order valence-electron chi connectivity index (χ2n) is 10.4. The van der Waals surface area contributed by atoms with E-state index in [1.807, 2.05) is 36.5 Å². The number of hydrogen-bond donors (Lipinski definition) is 1. The normalized spacial score (nSPS) is 15.8. The minimum absolute atomic E-state index is 0.384. The van der Waals surface area contributed by atoms with E-state index in [4.69, 9.17) is 29.0 Å². The van der Waals surface area contributed by atoms with Crippen LogP contribution in [-0.2, 0) is 13.1 Å². The molecule has 1 N–H and O–H groups in total. The Labute approximate surface area is 239 Å². The smallest absolute Gasteiger partial charge is 0.226 e. The molecule has 0 saturated carbocycles. The lowest BCUT2D eigenvalue weighted by Gasteiger charge is -2.41. The van der Waals surface area contributed by atoms with E-state index < -0.39 is 0 Å². The highest BCUT2D eigenvalue weighted by Crippen LogP contribution is 2.28. The van der Waals surface area contributed by atoms with Crippen LogP contribution in [0.1, 0.15) is 23.6 Å². The van der Waals surface area contributed by atoms with Crippen LogP contribution in [0.4, 0.5) is 11.6 Å². The largest absolute Gasteiger partial charge is 0.493 e. The standard InChI is InChI=1S/C31H35N7O3/c1-21-7-10-25(11-8-21)37-14-13-36(19-22(37)2)20-24-18-33-31(32-17-23-9-12-26(39-3)28(16-23)40-4)38-30(24)34-29(35-38)27-6-5-15-41-27/h5-12,15-16,18,22H,13-14,17,19-20H2,1-4H3,(H,32,33). The lowest BCUT2D eigenvalue weighted by molar-refractivity contribution is 0.221. The number of methoxy groups -OCH3 is 2. The minimum atomic E-state index is 0.384. The fraction of sp³-hybridized carbons (Fsp3) is 0.323. The van der Waals surface area contributed by atoms with Crippen LogP contribution in [0.5, 0.6) is 11.5 Å². The number of piperazine rings is 1. The molecule has 2 aromatic carbocycles. The van der Waals surface area contributed by atoms with Gasteiger partial charge in [-0.15, -0.1) is 5.10 Å². The fourth-order valence-corrected chi connectivity index (χ4v) is 5.37. The van der Waals surface area contributed by atoms with Crippen molar-refractivity contribution < 1.29 is 13.9 Å². The van der Waals surface area contributed by atoms with Gasteiger partial charge < -0.3 is 24.1 Å². The molecule has 0 amide bonds. The van der Waals surface area contributed by atoms with E-state index in [1.54, 1.807) is 25.0 Å². The maximum Gasteiger partial charge on any atom is 0.226 e. The summed E-state index contributed by atoms with van der Waals surface area (Å²) in [6.45, 7) is 8.52. The SMILES string of the molecule is COc1ccc(CNc2ncc(CN3CCN(c4ccc(C)cc4)C(C)C3)c3nc(-c4ccco4)nn23)cc1OC. The van der Waals surface area contributed by atoms with Crippen molar-refractivity contribution in [1.82, 2.24) is 24.5 Å². The zero-order valence-corrected chi connectivity index (χ0v) is 23.9. The van der Waals surface area contributed by atoms with Crippen LogP contribution in [0.25, 0.3) is 17.2 Å². The van der Waals surface area contributed by atoms with Crippen LogP contribution in [-0.4, -0.2) is 64.4 Å². The molecule has 212 valence electrons. The molecule has 1 aliphatic heterocycles. The summed E-state index contributed by atoms with van der Waals surface area (Å²) in [5.41, 5.74) is 5.35. The number of aryl methyl sites for hydroxylation is 1. The summed E-state index contributed by atoms with van der Waals surface area (Å²) < 4.78 is 18.2. The first-order chi connectivity index (χ1) is 20.0. The number of aromatic nitrogens is 4. The number of ether oxygens (including phenoxy) is 2. The Hall–Kier alpha value is -4.57. The second-order valence-corrected chi connectivity index (χ2v) is 10.4. The summed E-state index contributed by atoms with van der Waals surface area (Å²) in [7, 11) is 3.26. The number of fused-ring (bicyclic) bond motifs is 1. The number of nitrogens with zero attached hydrogens (tertiary/aromatic N) is 6. The van der Waals surface area contributed by atoms with Crippen molar-refractivity contribution in [1.29, 1.82) is 0 Å². The molecule has 10 nitrogen and oxygen atoms in total. The van der Waals surface area contributed by atoms with Crippen molar-refractivity contribution >= 4 is 17.3 Å². The Morgan fingerprint density at radius 2 is 1.85 bits per heavy atom. The van der Waals surface area contributed by atoms with Crippen LogP contribution in [0.2, 0.25) is 0 Å². The third kappa shape index (κ3) is 5.55. The van der Waals surface area contributed by atoms with Gasteiger partial charge in [0.25, 0.3) is 0 Å². The van der Waals surface area contributed by atoms with E-state index in [0.717, 1.165) is 43.0 Å². The monoisotopic (exact) mass is 553 g/mol. The van der Waals surface area contributed by atoms with Gasteiger partial charge in [0.2, 0.25) is 11.8 Å². The van der Waals surface area contributed by atoms with Gasteiger partial charge in [-0.3, -0.25) is 4.90 Å². The summed E-state index contributed by atoms with van der Waals surface area (Å²) >= 11 is 0. The van der Waals surface area contributed by atoms with Crippen LogP contribution in [0.3, 0.4) is 0 Å². The molecule has 1 fully saturated rings. The lowest BCUT2D eigenvalue weighted by atomic mass is 10.1.